The minimum absolute atomic E-state index is 0.0461. The maximum Gasteiger partial charge on any atom is 0.353 e. The number of hydroxylamine groups is 2. The molecular formula is C27H34N8O10S2. The van der Waals surface area contributed by atoms with E-state index in [1.807, 2.05) is 36.3 Å². The summed E-state index contributed by atoms with van der Waals surface area (Å²) in [7, 11) is -2.19. The van der Waals surface area contributed by atoms with E-state index in [1.165, 1.54) is 19.2 Å². The van der Waals surface area contributed by atoms with Crippen LogP contribution in [0.5, 0.6) is 5.75 Å². The molecular weight excluding hydrogens is 660 g/mol. The molecule has 0 radical (unpaired) electrons. The van der Waals surface area contributed by atoms with Gasteiger partial charge in [-0.1, -0.05) is 17.3 Å². The maximum atomic E-state index is 13.3. The molecule has 1 aliphatic rings. The van der Waals surface area contributed by atoms with Crippen LogP contribution in [0, 0.1) is 0 Å². The van der Waals surface area contributed by atoms with Crippen LogP contribution in [-0.4, -0.2) is 89.1 Å². The standard InChI is InChI=1S/C27H34N8O10S2/c1-27(2)22(24(37)35(27)45-47(39,40)41)31-23(36)21(19-15-46-26(29)30-19)32-44-20(25(38)42-4)14-43-18-8-6-16(7-9-18)17-12-33(3)34(13-17)11-5-10-28/h6-9,12-13,15,20,22H,5,10-11,14,28H2,1-4H3,(H3-,29,30,31,36,39,40,41)/b32-21-/t20-,22+/m0/s1. The van der Waals surface area contributed by atoms with Crippen molar-refractivity contribution in [2.24, 2.45) is 17.9 Å². The van der Waals surface area contributed by atoms with Gasteiger partial charge in [0, 0.05) is 5.38 Å². The van der Waals surface area contributed by atoms with Gasteiger partial charge in [0.2, 0.25) is 16.6 Å². The van der Waals surface area contributed by atoms with Crippen LogP contribution < -0.4 is 26.2 Å². The fourth-order valence-electron chi connectivity index (χ4n) is 4.51. The zero-order valence-electron chi connectivity index (χ0n) is 25.8. The quantitative estimate of drug-likeness (QED) is 0.0336. The molecule has 1 aliphatic heterocycles. The second-order valence-electron chi connectivity index (χ2n) is 10.7. The normalized spacial score (nSPS) is 16.7. The Hall–Kier alpha value is -4.63. The number of rotatable bonds is 15. The number of anilines is 1. The first-order valence-corrected chi connectivity index (χ1v) is 16.2. The number of esters is 1. The van der Waals surface area contributed by atoms with Crippen molar-refractivity contribution < 1.29 is 50.6 Å². The molecule has 2 atom stereocenters. The third-order valence-electron chi connectivity index (χ3n) is 7.03. The molecule has 254 valence electrons. The average molecular weight is 695 g/mol. The molecule has 3 aromatic rings. The van der Waals surface area contributed by atoms with Crippen molar-refractivity contribution in [3.8, 4) is 16.9 Å². The van der Waals surface area contributed by atoms with Crippen molar-refractivity contribution in [3.63, 3.8) is 0 Å². The monoisotopic (exact) mass is 694 g/mol. The van der Waals surface area contributed by atoms with Crippen molar-refractivity contribution in [2.45, 2.75) is 44.5 Å². The number of β-lactam (4-membered cyclic amide) rings is 1. The summed E-state index contributed by atoms with van der Waals surface area (Å²) in [6.45, 7) is 3.72. The second kappa shape index (κ2) is 14.4. The summed E-state index contributed by atoms with van der Waals surface area (Å²) in [5.74, 6) is -2.45. The van der Waals surface area contributed by atoms with E-state index < -0.39 is 51.6 Å². The molecule has 0 bridgehead atoms. The number of hydrogen-bond donors (Lipinski definition) is 3. The van der Waals surface area contributed by atoms with Crippen molar-refractivity contribution in [3.05, 3.63) is 47.7 Å². The van der Waals surface area contributed by atoms with Crippen LogP contribution in [0.15, 0.2) is 47.2 Å². The van der Waals surface area contributed by atoms with Crippen LogP contribution in [0.25, 0.3) is 11.1 Å². The Labute approximate surface area is 273 Å². The first kappa shape index (κ1) is 35.2. The molecule has 47 heavy (non-hydrogen) atoms. The van der Waals surface area contributed by atoms with Crippen LogP contribution in [0.4, 0.5) is 5.13 Å². The SMILES string of the molecule is COC(=O)[C@H](COc1ccc(-c2cn(CCCN)[n+](C)c2)cc1)O/N=C(\C(=O)N[C@@H]1C(=O)N(OS(=O)(=O)[O-])C1(C)C)c1csc(N)n1. The van der Waals surface area contributed by atoms with Crippen LogP contribution >= 0.6 is 11.3 Å². The summed E-state index contributed by atoms with van der Waals surface area (Å²) in [5, 5.41) is 8.03. The molecule has 0 saturated carbocycles. The van der Waals surface area contributed by atoms with Gasteiger partial charge in [-0.25, -0.2) is 18.2 Å². The summed E-state index contributed by atoms with van der Waals surface area (Å²) in [4.78, 5) is 47.8. The highest BCUT2D eigenvalue weighted by Gasteiger charge is 2.57. The Bertz CT molecular complexity index is 1750. The number of aromatic nitrogens is 3. The van der Waals surface area contributed by atoms with Crippen molar-refractivity contribution in [1.82, 2.24) is 20.0 Å². The van der Waals surface area contributed by atoms with Crippen LogP contribution in [0.1, 0.15) is 26.0 Å². The topological polar surface area (TPSA) is 247 Å². The minimum Gasteiger partial charge on any atom is -0.724 e. The van der Waals surface area contributed by atoms with Gasteiger partial charge in [-0.05, 0) is 44.5 Å². The number of carbonyl (C=O) groups excluding carboxylic acids is 3. The van der Waals surface area contributed by atoms with E-state index in [1.54, 1.807) is 12.1 Å². The van der Waals surface area contributed by atoms with Gasteiger partial charge in [-0.2, -0.15) is 14.0 Å². The molecule has 18 nitrogen and oxygen atoms in total. The second-order valence-corrected chi connectivity index (χ2v) is 12.6. The number of nitrogens with one attached hydrogen (secondary N) is 1. The fraction of sp³-hybridized carbons (Fsp3) is 0.407. The van der Waals surface area contributed by atoms with Gasteiger partial charge in [-0.3, -0.25) is 9.59 Å². The Morgan fingerprint density at radius 3 is 2.53 bits per heavy atom. The molecule has 1 fully saturated rings. The lowest BCUT2D eigenvalue weighted by atomic mass is 9.84. The van der Waals surface area contributed by atoms with Crippen LogP contribution in [-0.2, 0) is 52.2 Å². The molecule has 1 aromatic carbocycles. The Balaban J connectivity index is 1.47. The molecule has 0 spiro atoms. The lowest BCUT2D eigenvalue weighted by Gasteiger charge is -2.51. The van der Waals surface area contributed by atoms with E-state index in [4.69, 9.17) is 25.8 Å². The molecule has 0 unspecified atom stereocenters. The van der Waals surface area contributed by atoms with Crippen LogP contribution in [0.3, 0.4) is 0 Å². The van der Waals surface area contributed by atoms with Gasteiger partial charge in [-0.15, -0.1) is 16.0 Å². The smallest absolute Gasteiger partial charge is 0.353 e. The highest BCUT2D eigenvalue weighted by Crippen LogP contribution is 2.33. The van der Waals surface area contributed by atoms with E-state index in [2.05, 4.69) is 24.4 Å². The molecule has 2 amide bonds. The van der Waals surface area contributed by atoms with Crippen LogP contribution in [0.2, 0.25) is 0 Å². The number of carbonyl (C=O) groups is 3. The third-order valence-corrected chi connectivity index (χ3v) is 8.04. The van der Waals surface area contributed by atoms with E-state index in [-0.39, 0.29) is 17.4 Å². The van der Waals surface area contributed by atoms with E-state index >= 15 is 0 Å². The Morgan fingerprint density at radius 1 is 1.26 bits per heavy atom. The third kappa shape index (κ3) is 8.40. The van der Waals surface area contributed by atoms with Gasteiger partial charge in [0.1, 0.15) is 24.1 Å². The summed E-state index contributed by atoms with van der Waals surface area (Å²) < 4.78 is 51.8. The Morgan fingerprint density at radius 2 is 1.96 bits per heavy atom. The largest absolute Gasteiger partial charge is 0.724 e. The predicted molar refractivity (Wildman–Crippen MR) is 164 cm³/mol. The highest BCUT2D eigenvalue weighted by atomic mass is 32.3. The minimum atomic E-state index is -5.25. The number of nitrogens with two attached hydrogens (primary N) is 2. The average Bonchev–Trinajstić information content (AvgIpc) is 3.63. The first-order valence-electron chi connectivity index (χ1n) is 14.0. The van der Waals surface area contributed by atoms with E-state index in [9.17, 15) is 27.4 Å². The van der Waals surface area contributed by atoms with Gasteiger partial charge in [0.15, 0.2) is 17.9 Å². The number of ether oxygens (including phenoxy) is 2. The maximum absolute atomic E-state index is 13.3. The van der Waals surface area contributed by atoms with Crippen molar-refractivity contribution in [1.29, 1.82) is 0 Å². The molecule has 20 heteroatoms. The number of thiazole rings is 1. The number of nitrogens with zero attached hydrogens (tertiary/aromatic N) is 5. The van der Waals surface area contributed by atoms with E-state index in [0.29, 0.717) is 17.4 Å². The lowest BCUT2D eigenvalue weighted by Crippen LogP contribution is -2.76. The molecule has 2 aromatic heterocycles. The van der Waals surface area contributed by atoms with Gasteiger partial charge in [0.05, 0.1) is 31.0 Å². The van der Waals surface area contributed by atoms with Gasteiger partial charge >= 0.3 is 5.97 Å². The summed E-state index contributed by atoms with van der Waals surface area (Å²) in [6.07, 6.45) is 3.40. The zero-order chi connectivity index (χ0) is 34.5. The number of nitrogen functional groups attached to an aromatic ring is 1. The first-order chi connectivity index (χ1) is 22.1. The molecule has 1 saturated heterocycles. The lowest BCUT2D eigenvalue weighted by molar-refractivity contribution is -0.753. The molecule has 5 N–H and O–H groups in total. The number of hydrogen-bond acceptors (Lipinski definition) is 15. The Kier molecular flexibility index (Phi) is 10.8. The molecule has 4 rings (SSSR count). The van der Waals surface area contributed by atoms with Gasteiger partial charge < -0.3 is 35.6 Å². The fourth-order valence-corrected chi connectivity index (χ4v) is 5.50. The number of aryl methyl sites for hydroxylation is 2. The predicted octanol–water partition coefficient (Wildman–Crippen LogP) is -0.794. The van der Waals surface area contributed by atoms with E-state index in [0.717, 1.165) is 42.5 Å². The summed E-state index contributed by atoms with van der Waals surface area (Å²) >= 11 is 0.983. The summed E-state index contributed by atoms with van der Waals surface area (Å²) in [5.41, 5.74) is 11.3. The van der Waals surface area contributed by atoms with Gasteiger partial charge in [0.25, 0.3) is 17.9 Å². The summed E-state index contributed by atoms with van der Waals surface area (Å²) in [6, 6.07) is 5.79. The number of methoxy groups -OCH3 is 1. The highest BCUT2D eigenvalue weighted by molar-refractivity contribution is 7.80. The zero-order valence-corrected chi connectivity index (χ0v) is 27.4. The molecule has 0 aliphatic carbocycles. The number of oxime groups is 1. The number of benzene rings is 1. The molecule has 3 heterocycles. The van der Waals surface area contributed by atoms with Crippen molar-refractivity contribution >= 4 is 50.4 Å². The van der Waals surface area contributed by atoms with Crippen molar-refractivity contribution in [2.75, 3.05) is 26.0 Å². The number of amides is 2.